The van der Waals surface area contributed by atoms with Gasteiger partial charge in [0.15, 0.2) is 0 Å². The predicted molar refractivity (Wildman–Crippen MR) is 97.3 cm³/mol. The first kappa shape index (κ1) is 16.6. The van der Waals surface area contributed by atoms with Crippen LogP contribution in [0, 0.1) is 13.8 Å². The van der Waals surface area contributed by atoms with Gasteiger partial charge >= 0.3 is 0 Å². The summed E-state index contributed by atoms with van der Waals surface area (Å²) in [6.45, 7) is 5.09. The number of carbonyl (C=O) groups is 1. The molecule has 0 aliphatic carbocycles. The van der Waals surface area contributed by atoms with Gasteiger partial charge in [0.1, 0.15) is 5.75 Å². The van der Waals surface area contributed by atoms with E-state index in [1.54, 1.807) is 12.1 Å². The van der Waals surface area contributed by atoms with Crippen LogP contribution in [0.4, 0.5) is 0 Å². The average Bonchev–Trinajstić information content (AvgIpc) is 3.02. The third kappa shape index (κ3) is 2.92. The normalized spacial score (nSPS) is 15.5. The fraction of sp³-hybridized carbons (Fsp3) is 0.350. The van der Waals surface area contributed by atoms with E-state index in [9.17, 15) is 9.90 Å². The monoisotopic (exact) mass is 351 g/mol. The second-order valence-electron chi connectivity index (χ2n) is 6.92. The molecular formula is C20H21N3O3. The average molecular weight is 351 g/mol. The van der Waals surface area contributed by atoms with Gasteiger partial charge in [0.05, 0.1) is 16.6 Å². The highest BCUT2D eigenvalue weighted by Crippen LogP contribution is 2.31. The lowest BCUT2D eigenvalue weighted by Gasteiger charge is -2.32. The molecule has 3 heterocycles. The van der Waals surface area contributed by atoms with E-state index in [0.29, 0.717) is 41.4 Å². The number of aromatic nitrogens is 2. The van der Waals surface area contributed by atoms with Crippen LogP contribution in [0.2, 0.25) is 0 Å². The van der Waals surface area contributed by atoms with Gasteiger partial charge in [-0.1, -0.05) is 17.3 Å². The first-order valence-corrected chi connectivity index (χ1v) is 8.85. The Hall–Kier alpha value is -2.89. The number of aryl methyl sites for hydroxylation is 2. The molecular weight excluding hydrogens is 330 g/mol. The lowest BCUT2D eigenvalue weighted by molar-refractivity contribution is 0.0714. The lowest BCUT2D eigenvalue weighted by atomic mass is 9.89. The quantitative estimate of drug-likeness (QED) is 0.763. The van der Waals surface area contributed by atoms with Crippen LogP contribution in [0.3, 0.4) is 0 Å². The van der Waals surface area contributed by atoms with Crippen molar-refractivity contribution in [1.29, 1.82) is 0 Å². The summed E-state index contributed by atoms with van der Waals surface area (Å²) in [5.41, 5.74) is 3.69. The second-order valence-corrected chi connectivity index (χ2v) is 6.92. The van der Waals surface area contributed by atoms with Crippen molar-refractivity contribution in [2.24, 2.45) is 0 Å². The molecule has 0 unspecified atom stereocenters. The Morgan fingerprint density at radius 1 is 1.19 bits per heavy atom. The number of pyridine rings is 1. The molecule has 1 aliphatic rings. The maximum atomic E-state index is 13.1. The van der Waals surface area contributed by atoms with Gasteiger partial charge in [-0.2, -0.15) is 0 Å². The zero-order valence-corrected chi connectivity index (χ0v) is 14.9. The van der Waals surface area contributed by atoms with Gasteiger partial charge in [0.2, 0.25) is 0 Å². The van der Waals surface area contributed by atoms with E-state index in [1.165, 1.54) is 5.56 Å². The van der Waals surface area contributed by atoms with Crippen LogP contribution in [-0.2, 0) is 0 Å². The highest BCUT2D eigenvalue weighted by atomic mass is 16.5. The molecule has 4 rings (SSSR count). The number of nitrogens with zero attached hydrogens (tertiary/aromatic N) is 3. The highest BCUT2D eigenvalue weighted by Gasteiger charge is 2.27. The Morgan fingerprint density at radius 3 is 2.58 bits per heavy atom. The third-order valence-electron chi connectivity index (χ3n) is 5.12. The van der Waals surface area contributed by atoms with Crippen molar-refractivity contribution in [2.45, 2.75) is 32.6 Å². The summed E-state index contributed by atoms with van der Waals surface area (Å²) in [6.07, 6.45) is 1.82. The molecule has 0 saturated carbocycles. The second kappa shape index (κ2) is 6.44. The summed E-state index contributed by atoms with van der Waals surface area (Å²) in [5, 5.41) is 14.1. The molecule has 2 aromatic heterocycles. The molecule has 0 spiro atoms. The van der Waals surface area contributed by atoms with Crippen LogP contribution >= 0.6 is 0 Å². The Bertz CT molecular complexity index is 954. The van der Waals surface area contributed by atoms with E-state index in [-0.39, 0.29) is 11.7 Å². The maximum Gasteiger partial charge on any atom is 0.258 e. The smallest absolute Gasteiger partial charge is 0.258 e. The number of rotatable bonds is 2. The van der Waals surface area contributed by atoms with Gasteiger partial charge in [-0.15, -0.1) is 0 Å². The molecule has 134 valence electrons. The number of piperidine rings is 1. The van der Waals surface area contributed by atoms with Crippen LogP contribution in [-0.4, -0.2) is 39.1 Å². The minimum atomic E-state index is 0.0101. The van der Waals surface area contributed by atoms with Gasteiger partial charge < -0.3 is 14.5 Å². The number of hydrogen-bond donors (Lipinski definition) is 1. The van der Waals surface area contributed by atoms with Crippen molar-refractivity contribution in [1.82, 2.24) is 15.0 Å². The molecule has 1 amide bonds. The first-order valence-electron chi connectivity index (χ1n) is 8.85. The van der Waals surface area contributed by atoms with Gasteiger partial charge in [0.25, 0.3) is 11.6 Å². The summed E-state index contributed by atoms with van der Waals surface area (Å²) in [7, 11) is 0. The topological polar surface area (TPSA) is 79.5 Å². The molecule has 1 fully saturated rings. The van der Waals surface area contributed by atoms with Crippen LogP contribution < -0.4 is 0 Å². The standard InChI is InChI=1S/C20H21N3O3/c1-12-11-17(18-13(2)22-26-19(18)21-12)20(25)23-9-7-15(8-10-23)14-3-5-16(24)6-4-14/h3-6,11,15,24H,7-10H2,1-2H3. The molecule has 3 aromatic rings. The van der Waals surface area contributed by atoms with E-state index in [2.05, 4.69) is 10.1 Å². The molecule has 0 bridgehead atoms. The SMILES string of the molecule is Cc1cc(C(=O)N2CCC(c3ccc(O)cc3)CC2)c2c(C)noc2n1. The number of benzene rings is 1. The van der Waals surface area contributed by atoms with Crippen molar-refractivity contribution in [3.05, 3.63) is 52.8 Å². The van der Waals surface area contributed by atoms with Gasteiger partial charge in [-0.05, 0) is 56.4 Å². The third-order valence-corrected chi connectivity index (χ3v) is 5.12. The number of amides is 1. The Kier molecular flexibility index (Phi) is 4.11. The van der Waals surface area contributed by atoms with E-state index in [4.69, 9.17) is 4.52 Å². The Balaban J connectivity index is 1.54. The largest absolute Gasteiger partial charge is 0.508 e. The lowest BCUT2D eigenvalue weighted by Crippen LogP contribution is -2.38. The predicted octanol–water partition coefficient (Wildman–Crippen LogP) is 3.57. The van der Waals surface area contributed by atoms with Crippen molar-refractivity contribution >= 4 is 17.0 Å². The minimum absolute atomic E-state index is 0.0101. The van der Waals surface area contributed by atoms with E-state index in [1.807, 2.05) is 36.9 Å². The maximum absolute atomic E-state index is 13.1. The Morgan fingerprint density at radius 2 is 1.88 bits per heavy atom. The Labute approximate surface area is 151 Å². The fourth-order valence-electron chi connectivity index (χ4n) is 3.72. The van der Waals surface area contributed by atoms with Crippen molar-refractivity contribution < 1.29 is 14.4 Å². The zero-order chi connectivity index (χ0) is 18.3. The van der Waals surface area contributed by atoms with Gasteiger partial charge in [0, 0.05) is 18.8 Å². The summed E-state index contributed by atoms with van der Waals surface area (Å²) >= 11 is 0. The number of phenols is 1. The summed E-state index contributed by atoms with van der Waals surface area (Å²) in [5.74, 6) is 0.703. The molecule has 1 aromatic carbocycles. The molecule has 0 atom stereocenters. The van der Waals surface area contributed by atoms with Crippen LogP contribution in [0.15, 0.2) is 34.9 Å². The van der Waals surface area contributed by atoms with Crippen LogP contribution in [0.5, 0.6) is 5.75 Å². The number of carbonyl (C=O) groups excluding carboxylic acids is 1. The van der Waals surface area contributed by atoms with E-state index in [0.717, 1.165) is 18.5 Å². The van der Waals surface area contributed by atoms with Gasteiger partial charge in [-0.3, -0.25) is 4.79 Å². The number of hydrogen-bond acceptors (Lipinski definition) is 5. The van der Waals surface area contributed by atoms with Gasteiger partial charge in [-0.25, -0.2) is 4.98 Å². The number of phenolic OH excluding ortho intramolecular Hbond substituents is 1. The molecule has 26 heavy (non-hydrogen) atoms. The summed E-state index contributed by atoms with van der Waals surface area (Å²) in [6, 6.07) is 9.19. The van der Waals surface area contributed by atoms with Crippen molar-refractivity contribution in [3.8, 4) is 5.75 Å². The summed E-state index contributed by atoms with van der Waals surface area (Å²) in [4.78, 5) is 19.3. The van der Waals surface area contributed by atoms with E-state index >= 15 is 0 Å². The zero-order valence-electron chi connectivity index (χ0n) is 14.9. The molecule has 1 aliphatic heterocycles. The highest BCUT2D eigenvalue weighted by molar-refractivity contribution is 6.06. The first-order chi connectivity index (χ1) is 12.5. The van der Waals surface area contributed by atoms with Crippen molar-refractivity contribution in [3.63, 3.8) is 0 Å². The molecule has 6 heteroatoms. The van der Waals surface area contributed by atoms with Crippen molar-refractivity contribution in [2.75, 3.05) is 13.1 Å². The molecule has 0 radical (unpaired) electrons. The molecule has 6 nitrogen and oxygen atoms in total. The number of fused-ring (bicyclic) bond motifs is 1. The minimum Gasteiger partial charge on any atom is -0.508 e. The van der Waals surface area contributed by atoms with Crippen LogP contribution in [0.25, 0.3) is 11.1 Å². The molecule has 1 saturated heterocycles. The number of likely N-dealkylation sites (tertiary alicyclic amines) is 1. The number of aromatic hydroxyl groups is 1. The summed E-state index contributed by atoms with van der Waals surface area (Å²) < 4.78 is 5.24. The van der Waals surface area contributed by atoms with Crippen LogP contribution in [0.1, 0.15) is 46.1 Å². The molecule has 1 N–H and O–H groups in total. The fourth-order valence-corrected chi connectivity index (χ4v) is 3.72. The van der Waals surface area contributed by atoms with E-state index < -0.39 is 0 Å².